The molecule has 1 N–H and O–H groups in total. The van der Waals surface area contributed by atoms with Gasteiger partial charge in [0.1, 0.15) is 11.6 Å². The molecule has 1 aliphatic rings. The van der Waals surface area contributed by atoms with Gasteiger partial charge >= 0.3 is 5.97 Å². The second-order valence-corrected chi connectivity index (χ2v) is 5.21. The van der Waals surface area contributed by atoms with E-state index in [-0.39, 0.29) is 24.1 Å². The summed E-state index contributed by atoms with van der Waals surface area (Å²) in [6.45, 7) is -0.358. The van der Waals surface area contributed by atoms with Crippen molar-refractivity contribution in [3.63, 3.8) is 0 Å². The Hall–Kier alpha value is -2.61. The second kappa shape index (κ2) is 7.99. The van der Waals surface area contributed by atoms with Gasteiger partial charge in [-0.25, -0.2) is 4.79 Å². The number of hydrogen-bond acceptors (Lipinski definition) is 4. The van der Waals surface area contributed by atoms with Crippen LogP contribution in [0.4, 0.5) is 0 Å². The molecule has 0 aliphatic heterocycles. The predicted molar refractivity (Wildman–Crippen MR) is 81.4 cm³/mol. The standard InChI is InChI=1S/C17H18N2O3/c18-11-14(10-13-6-2-1-3-7-13)17(21)22-12-16(20)19-15-8-4-5-9-15/h1-3,6-7,10,15H,4-5,8-9,12H2,(H,19,20)/b14-10+. The number of nitriles is 1. The molecule has 1 saturated carbocycles. The summed E-state index contributed by atoms with van der Waals surface area (Å²) in [6, 6.07) is 11.0. The summed E-state index contributed by atoms with van der Waals surface area (Å²) in [6.07, 6.45) is 5.61. The summed E-state index contributed by atoms with van der Waals surface area (Å²) >= 11 is 0. The van der Waals surface area contributed by atoms with Gasteiger partial charge in [-0.05, 0) is 24.5 Å². The Labute approximate surface area is 129 Å². The second-order valence-electron chi connectivity index (χ2n) is 5.21. The molecular formula is C17H18N2O3. The number of carbonyl (C=O) groups excluding carboxylic acids is 2. The van der Waals surface area contributed by atoms with Crippen LogP contribution in [0.1, 0.15) is 31.2 Å². The highest BCUT2D eigenvalue weighted by molar-refractivity contribution is 5.98. The van der Waals surface area contributed by atoms with Crippen LogP contribution in [-0.4, -0.2) is 24.5 Å². The van der Waals surface area contributed by atoms with Crippen LogP contribution < -0.4 is 5.32 Å². The van der Waals surface area contributed by atoms with Crippen molar-refractivity contribution < 1.29 is 14.3 Å². The van der Waals surface area contributed by atoms with E-state index in [1.807, 2.05) is 6.07 Å². The molecule has 1 aliphatic carbocycles. The van der Waals surface area contributed by atoms with Gasteiger partial charge in [0.25, 0.3) is 5.91 Å². The lowest BCUT2D eigenvalue weighted by molar-refractivity contribution is -0.144. The third kappa shape index (κ3) is 4.74. The topological polar surface area (TPSA) is 79.2 Å². The molecule has 0 saturated heterocycles. The zero-order chi connectivity index (χ0) is 15.8. The van der Waals surface area contributed by atoms with Crippen molar-refractivity contribution in [2.45, 2.75) is 31.7 Å². The SMILES string of the molecule is N#C/C(=C\c1ccccc1)C(=O)OCC(=O)NC1CCCC1. The Kier molecular flexibility index (Phi) is 5.73. The maximum atomic E-state index is 11.8. The van der Waals surface area contributed by atoms with Crippen molar-refractivity contribution in [1.82, 2.24) is 5.32 Å². The maximum absolute atomic E-state index is 11.8. The number of benzene rings is 1. The van der Waals surface area contributed by atoms with Crippen molar-refractivity contribution in [1.29, 1.82) is 5.26 Å². The van der Waals surface area contributed by atoms with Gasteiger partial charge in [0.2, 0.25) is 0 Å². The van der Waals surface area contributed by atoms with E-state index in [2.05, 4.69) is 5.32 Å². The van der Waals surface area contributed by atoms with Gasteiger partial charge in [-0.15, -0.1) is 0 Å². The zero-order valence-electron chi connectivity index (χ0n) is 12.2. The molecule has 5 heteroatoms. The number of carbonyl (C=O) groups is 2. The Bertz CT molecular complexity index is 596. The van der Waals surface area contributed by atoms with Crippen LogP contribution in [0, 0.1) is 11.3 Å². The molecule has 0 spiro atoms. The number of hydrogen-bond donors (Lipinski definition) is 1. The highest BCUT2D eigenvalue weighted by Crippen LogP contribution is 2.17. The highest BCUT2D eigenvalue weighted by atomic mass is 16.5. The van der Waals surface area contributed by atoms with E-state index in [0.29, 0.717) is 0 Å². The van der Waals surface area contributed by atoms with Gasteiger partial charge in [-0.2, -0.15) is 5.26 Å². The quantitative estimate of drug-likeness (QED) is 0.513. The molecule has 114 valence electrons. The lowest BCUT2D eigenvalue weighted by Gasteiger charge is -2.11. The minimum absolute atomic E-state index is 0.125. The smallest absolute Gasteiger partial charge is 0.349 e. The summed E-state index contributed by atoms with van der Waals surface area (Å²) in [5, 5.41) is 11.9. The van der Waals surface area contributed by atoms with Crippen molar-refractivity contribution in [2.24, 2.45) is 0 Å². The van der Waals surface area contributed by atoms with Crippen molar-refractivity contribution in [3.8, 4) is 6.07 Å². The van der Waals surface area contributed by atoms with E-state index < -0.39 is 5.97 Å². The summed E-state index contributed by atoms with van der Waals surface area (Å²) in [5.74, 6) is -1.11. The fraction of sp³-hybridized carbons (Fsp3) is 0.353. The Morgan fingerprint density at radius 1 is 1.27 bits per heavy atom. The fourth-order valence-corrected chi connectivity index (χ4v) is 2.40. The number of rotatable bonds is 5. The van der Waals surface area contributed by atoms with Gasteiger partial charge in [0.05, 0.1) is 0 Å². The molecule has 0 unspecified atom stereocenters. The Morgan fingerprint density at radius 2 is 1.95 bits per heavy atom. The molecule has 0 bridgehead atoms. The third-order valence-electron chi connectivity index (χ3n) is 3.51. The highest BCUT2D eigenvalue weighted by Gasteiger charge is 2.18. The first-order valence-corrected chi connectivity index (χ1v) is 7.32. The molecule has 1 fully saturated rings. The molecule has 0 aromatic heterocycles. The first-order valence-electron chi connectivity index (χ1n) is 7.32. The van der Waals surface area contributed by atoms with Gasteiger partial charge in [-0.1, -0.05) is 43.2 Å². The third-order valence-corrected chi connectivity index (χ3v) is 3.51. The molecule has 0 heterocycles. The van der Waals surface area contributed by atoms with Crippen LogP contribution in [-0.2, 0) is 14.3 Å². The van der Waals surface area contributed by atoms with E-state index in [9.17, 15) is 9.59 Å². The predicted octanol–water partition coefficient (Wildman–Crippen LogP) is 2.20. The molecule has 1 aromatic carbocycles. The molecule has 1 amide bonds. The Balaban J connectivity index is 1.86. The normalized spacial score (nSPS) is 15.1. The van der Waals surface area contributed by atoms with Gasteiger partial charge in [-0.3, -0.25) is 4.79 Å². The van der Waals surface area contributed by atoms with Crippen LogP contribution >= 0.6 is 0 Å². The van der Waals surface area contributed by atoms with Gasteiger partial charge in [0, 0.05) is 6.04 Å². The Morgan fingerprint density at radius 3 is 2.59 bits per heavy atom. The van der Waals surface area contributed by atoms with Gasteiger partial charge < -0.3 is 10.1 Å². The molecular weight excluding hydrogens is 280 g/mol. The zero-order valence-corrected chi connectivity index (χ0v) is 12.2. The van der Waals surface area contributed by atoms with Crippen molar-refractivity contribution >= 4 is 18.0 Å². The van der Waals surface area contributed by atoms with E-state index in [1.54, 1.807) is 30.3 Å². The first kappa shape index (κ1) is 15.8. The van der Waals surface area contributed by atoms with Crippen molar-refractivity contribution in [2.75, 3.05) is 6.61 Å². The maximum Gasteiger partial charge on any atom is 0.349 e. The molecule has 2 rings (SSSR count). The van der Waals surface area contributed by atoms with E-state index in [0.717, 1.165) is 31.2 Å². The minimum Gasteiger partial charge on any atom is -0.451 e. The lowest BCUT2D eigenvalue weighted by Crippen LogP contribution is -2.36. The monoisotopic (exact) mass is 298 g/mol. The number of esters is 1. The number of nitrogens with zero attached hydrogens (tertiary/aromatic N) is 1. The average Bonchev–Trinajstić information content (AvgIpc) is 3.04. The molecule has 1 aromatic rings. The summed E-state index contributed by atoms with van der Waals surface area (Å²) in [5.41, 5.74) is 0.603. The number of amides is 1. The molecule has 22 heavy (non-hydrogen) atoms. The number of ether oxygens (including phenoxy) is 1. The van der Waals surface area contributed by atoms with Crippen LogP contribution in [0.5, 0.6) is 0 Å². The van der Waals surface area contributed by atoms with E-state index in [1.165, 1.54) is 6.08 Å². The molecule has 0 atom stereocenters. The van der Waals surface area contributed by atoms with Gasteiger partial charge in [0.15, 0.2) is 6.61 Å². The summed E-state index contributed by atoms with van der Waals surface area (Å²) < 4.78 is 4.90. The largest absolute Gasteiger partial charge is 0.451 e. The van der Waals surface area contributed by atoms with Crippen LogP contribution in [0.25, 0.3) is 6.08 Å². The molecule has 0 radical (unpaired) electrons. The van der Waals surface area contributed by atoms with E-state index in [4.69, 9.17) is 10.00 Å². The number of nitrogens with one attached hydrogen (secondary N) is 1. The van der Waals surface area contributed by atoms with Crippen LogP contribution in [0.3, 0.4) is 0 Å². The van der Waals surface area contributed by atoms with Crippen LogP contribution in [0.15, 0.2) is 35.9 Å². The van der Waals surface area contributed by atoms with E-state index >= 15 is 0 Å². The molecule has 5 nitrogen and oxygen atoms in total. The summed E-state index contributed by atoms with van der Waals surface area (Å²) in [7, 11) is 0. The van der Waals surface area contributed by atoms with Crippen LogP contribution in [0.2, 0.25) is 0 Å². The first-order chi connectivity index (χ1) is 10.7. The fourth-order valence-electron chi connectivity index (χ4n) is 2.40. The summed E-state index contributed by atoms with van der Waals surface area (Å²) in [4.78, 5) is 23.5. The van der Waals surface area contributed by atoms with Crippen molar-refractivity contribution in [3.05, 3.63) is 41.5 Å². The minimum atomic E-state index is -0.784. The average molecular weight is 298 g/mol. The lowest BCUT2D eigenvalue weighted by atomic mass is 10.1.